The Bertz CT molecular complexity index is 5320. The maximum Gasteiger partial charge on any atom is 0.184 e. The number of rotatable bonds is 7. The molecule has 2 aliphatic heterocycles. The Morgan fingerprint density at radius 2 is 0.587 bits per heavy atom. The second-order valence-electron chi connectivity index (χ2n) is 27.6. The van der Waals surface area contributed by atoms with Crippen LogP contribution in [0.2, 0.25) is 0 Å². The lowest BCUT2D eigenvalue weighted by atomic mass is 9.86. The maximum atomic E-state index is 2.72. The third-order valence-corrected chi connectivity index (χ3v) is 30.3. The number of nitrogens with zero attached hydrogens (tertiary/aromatic N) is 4. The Labute approximate surface area is 539 Å². The van der Waals surface area contributed by atoms with E-state index in [9.17, 15) is 0 Å². The zero-order chi connectivity index (χ0) is 61.8. The summed E-state index contributed by atoms with van der Waals surface area (Å²) in [7, 11) is -6.83. The Kier molecular flexibility index (Phi) is 11.8. The molecule has 3 aromatic heterocycles. The summed E-state index contributed by atoms with van der Waals surface area (Å²) in [5.74, 6) is 0. The summed E-state index contributed by atoms with van der Waals surface area (Å²) in [5, 5.41) is 18.4. The van der Waals surface area contributed by atoms with Crippen LogP contribution in [0.3, 0.4) is 0 Å². The van der Waals surface area contributed by atoms with Gasteiger partial charge in [-0.15, -0.1) is 0 Å². The smallest absolute Gasteiger partial charge is 0.184 e. The van der Waals surface area contributed by atoms with Crippen molar-refractivity contribution in [3.05, 3.63) is 314 Å². The summed E-state index contributed by atoms with van der Waals surface area (Å²) in [4.78, 5) is 2.72. The first kappa shape index (κ1) is 54.4. The molecule has 16 aromatic rings. The second kappa shape index (κ2) is 20.0. The number of para-hydroxylation sites is 6. The molecule has 0 amide bonds. The minimum Gasteiger partial charge on any atom is -0.311 e. The monoisotopic (exact) mass is 1210 g/mol. The Hall–Kier alpha value is -10.5. The van der Waals surface area contributed by atoms with Gasteiger partial charge in [0, 0.05) is 66.4 Å². The van der Waals surface area contributed by atoms with Gasteiger partial charge in [0.25, 0.3) is 0 Å². The van der Waals surface area contributed by atoms with Crippen molar-refractivity contribution < 1.29 is 0 Å². The molecule has 92 heavy (non-hydrogen) atoms. The van der Waals surface area contributed by atoms with E-state index >= 15 is 0 Å². The molecule has 0 bridgehead atoms. The predicted molar refractivity (Wildman–Crippen MR) is 396 cm³/mol. The van der Waals surface area contributed by atoms with Gasteiger partial charge in [-0.05, 0) is 148 Å². The van der Waals surface area contributed by atoms with Crippen LogP contribution < -0.4 is 46.4 Å². The minimum atomic E-state index is -3.48. The van der Waals surface area contributed by atoms with Gasteiger partial charge in [-0.2, -0.15) is 0 Å². The van der Waals surface area contributed by atoms with Crippen LogP contribution in [0.5, 0.6) is 0 Å². The van der Waals surface area contributed by atoms with Crippen molar-refractivity contribution in [2.75, 3.05) is 4.90 Å². The summed E-state index contributed by atoms with van der Waals surface area (Å²) in [6.07, 6.45) is 0. The average Bonchev–Trinajstić information content (AvgIpc) is 0.805. The van der Waals surface area contributed by atoms with Crippen LogP contribution in [-0.2, 0) is 10.8 Å². The minimum absolute atomic E-state index is 0.0507. The summed E-state index contributed by atoms with van der Waals surface area (Å²) in [6, 6.07) is 118. The van der Waals surface area contributed by atoms with Crippen LogP contribution in [-0.4, -0.2) is 29.8 Å². The molecule has 13 aromatic carbocycles. The number of aromatic nitrogens is 3. The van der Waals surface area contributed by atoms with E-state index in [1.165, 1.54) is 141 Å². The molecule has 5 heterocycles. The van der Waals surface area contributed by atoms with E-state index < -0.39 is 16.1 Å². The van der Waals surface area contributed by atoms with E-state index in [-0.39, 0.29) is 10.8 Å². The van der Waals surface area contributed by atoms with E-state index in [1.54, 1.807) is 0 Å². The Morgan fingerprint density at radius 1 is 0.239 bits per heavy atom. The molecular weight excluding hydrogens is 1150 g/mol. The van der Waals surface area contributed by atoms with Gasteiger partial charge in [0.05, 0.1) is 33.1 Å². The van der Waals surface area contributed by atoms with Crippen LogP contribution in [0.1, 0.15) is 52.7 Å². The van der Waals surface area contributed by atoms with Gasteiger partial charge in [0.1, 0.15) is 0 Å². The van der Waals surface area contributed by atoms with Gasteiger partial charge in [0.2, 0.25) is 0 Å². The molecule has 4 nitrogen and oxygen atoms in total. The quantitative estimate of drug-likeness (QED) is 0.145. The van der Waals surface area contributed by atoms with Gasteiger partial charge >= 0.3 is 0 Å². The highest BCUT2D eigenvalue weighted by atomic mass is 28.3. The van der Waals surface area contributed by atoms with Crippen molar-refractivity contribution in [2.45, 2.75) is 52.4 Å². The third-order valence-electron chi connectivity index (χ3n) is 20.6. The molecule has 0 saturated heterocycles. The van der Waals surface area contributed by atoms with Gasteiger partial charge in [-0.25, -0.2) is 0 Å². The van der Waals surface area contributed by atoms with E-state index in [0.29, 0.717) is 0 Å². The van der Waals surface area contributed by atoms with Gasteiger partial charge in [-0.1, -0.05) is 260 Å². The van der Waals surface area contributed by atoms with E-state index in [2.05, 4.69) is 363 Å². The second-order valence-corrected chi connectivity index (χ2v) is 35.1. The molecule has 2 aliphatic rings. The maximum absolute atomic E-state index is 3.48. The highest BCUT2D eigenvalue weighted by molar-refractivity contribution is 7.24. The standard InChI is InChI=1S/C86H68N4Si2/c1-85(2,3)57-46-49-70-71-50-47-58(86(4,5)6)53-79(71)89(78(70)52-57)61-48-51-77-83(56-61)91(62-28-9-7-10-29-62,63-30-11-8-12-31-63)81-44-25-45-82-84(81)90(77)76-42-21-22-43-80(76)92(82,64-32-23-26-59(54-64)87-72-38-17-13-34-66(72)67-35-14-18-39-73(67)87)65-33-24-27-60(55-65)88-74-40-19-15-36-68(74)69-37-16-20-41-75(69)88/h7-56H,1-6H3. The van der Waals surface area contributed by atoms with Crippen LogP contribution in [0.4, 0.5) is 17.1 Å². The van der Waals surface area contributed by atoms with Crippen molar-refractivity contribution in [2.24, 2.45) is 0 Å². The lowest BCUT2D eigenvalue weighted by Gasteiger charge is -2.52. The van der Waals surface area contributed by atoms with Gasteiger partial charge in [-0.3, -0.25) is 0 Å². The summed E-state index contributed by atoms with van der Waals surface area (Å²) < 4.78 is 7.62. The summed E-state index contributed by atoms with van der Waals surface area (Å²) in [5.41, 5.74) is 17.0. The molecular formula is C86H68N4Si2. The molecule has 0 spiro atoms. The molecule has 0 atom stereocenters. The lowest BCUT2D eigenvalue weighted by Crippen LogP contribution is -2.82. The third kappa shape index (κ3) is 7.62. The molecule has 18 rings (SSSR count). The van der Waals surface area contributed by atoms with Crippen LogP contribution in [0, 0.1) is 0 Å². The van der Waals surface area contributed by atoms with E-state index in [4.69, 9.17) is 0 Å². The SMILES string of the molecule is CC(C)(C)c1ccc2c3ccc(C(C)(C)C)cc3n(-c3ccc4c(c3)[Si](c3ccccc3)(c3ccccc3)c3cccc5c3N4c3ccccc3[Si]5(c3cccc(-n4c5ccccc5c5ccccc54)c3)c3cccc(-n4c5ccccc5c5ccccc54)c3)c2c1. The molecule has 0 fully saturated rings. The number of anilines is 3. The highest BCUT2D eigenvalue weighted by Crippen LogP contribution is 2.45. The molecule has 0 saturated carbocycles. The van der Waals surface area contributed by atoms with E-state index in [1.807, 2.05) is 0 Å². The fourth-order valence-electron chi connectivity index (χ4n) is 16.5. The summed E-state index contributed by atoms with van der Waals surface area (Å²) >= 11 is 0. The number of benzene rings is 13. The molecule has 0 unspecified atom stereocenters. The molecule has 0 radical (unpaired) electrons. The van der Waals surface area contributed by atoms with Crippen molar-refractivity contribution >= 4 is 140 Å². The van der Waals surface area contributed by atoms with Crippen molar-refractivity contribution in [1.82, 2.24) is 13.7 Å². The van der Waals surface area contributed by atoms with Crippen molar-refractivity contribution in [3.8, 4) is 17.1 Å². The fraction of sp³-hybridized carbons (Fsp3) is 0.0930. The topological polar surface area (TPSA) is 18.0 Å². The first-order chi connectivity index (χ1) is 44.9. The number of fused-ring (bicyclic) bond motifs is 13. The fourth-order valence-corrected chi connectivity index (χ4v) is 27.0. The predicted octanol–water partition coefficient (Wildman–Crippen LogP) is 16.4. The van der Waals surface area contributed by atoms with Crippen LogP contribution >= 0.6 is 0 Å². The highest BCUT2D eigenvalue weighted by Gasteiger charge is 2.56. The zero-order valence-corrected chi connectivity index (χ0v) is 54.7. The first-order valence-electron chi connectivity index (χ1n) is 32.5. The molecule has 6 heteroatoms. The molecule has 440 valence electrons. The Balaban J connectivity index is 0.977. The Morgan fingerprint density at radius 3 is 1.05 bits per heavy atom. The first-order valence-corrected chi connectivity index (χ1v) is 36.5. The van der Waals surface area contributed by atoms with Crippen LogP contribution in [0.15, 0.2) is 303 Å². The lowest BCUT2D eigenvalue weighted by molar-refractivity contribution is 0.591. The van der Waals surface area contributed by atoms with Crippen molar-refractivity contribution in [1.29, 1.82) is 0 Å². The largest absolute Gasteiger partial charge is 0.311 e. The normalized spacial score (nSPS) is 14.1. The van der Waals surface area contributed by atoms with Gasteiger partial charge in [0.15, 0.2) is 16.1 Å². The number of hydrogen-bond donors (Lipinski definition) is 0. The van der Waals surface area contributed by atoms with Crippen LogP contribution in [0.25, 0.3) is 82.5 Å². The average molecular weight is 1210 g/mol. The molecule has 0 N–H and O–H groups in total. The molecule has 0 aliphatic carbocycles. The summed E-state index contributed by atoms with van der Waals surface area (Å²) in [6.45, 7) is 14.0. The van der Waals surface area contributed by atoms with E-state index in [0.717, 1.165) is 11.4 Å². The zero-order valence-electron chi connectivity index (χ0n) is 52.7. The number of hydrogen-bond acceptors (Lipinski definition) is 1. The van der Waals surface area contributed by atoms with Crippen molar-refractivity contribution in [3.63, 3.8) is 0 Å². The van der Waals surface area contributed by atoms with Gasteiger partial charge < -0.3 is 18.6 Å².